The first-order chi connectivity index (χ1) is 11.6. The molecule has 2 N–H and O–H groups in total. The Balaban J connectivity index is 1.90. The van der Waals surface area contributed by atoms with Gasteiger partial charge >= 0.3 is 0 Å². The van der Waals surface area contributed by atoms with E-state index in [2.05, 4.69) is 4.98 Å². The highest BCUT2D eigenvalue weighted by atomic mass is 32.2. The molecule has 124 valence electrons. The normalized spacial score (nSPS) is 13.9. The lowest BCUT2D eigenvalue weighted by atomic mass is 10.2. The monoisotopic (exact) mass is 343 g/mol. The summed E-state index contributed by atoms with van der Waals surface area (Å²) in [6.45, 7) is 1.03. The molecule has 24 heavy (non-hydrogen) atoms. The SMILES string of the molecule is NCCc1cn(S(=O)(=O)c2ccc3c(c2)OCC3)c2cccnc12. The van der Waals surface area contributed by atoms with Crippen LogP contribution in [0.1, 0.15) is 11.1 Å². The molecule has 1 aliphatic rings. The number of hydrogen-bond donors (Lipinski definition) is 1. The molecule has 3 heterocycles. The fourth-order valence-electron chi connectivity index (χ4n) is 3.05. The fourth-order valence-corrected chi connectivity index (χ4v) is 4.45. The molecule has 0 unspecified atom stereocenters. The average molecular weight is 343 g/mol. The van der Waals surface area contributed by atoms with Crippen LogP contribution in [-0.2, 0) is 22.9 Å². The number of benzene rings is 1. The van der Waals surface area contributed by atoms with Gasteiger partial charge in [0.2, 0.25) is 0 Å². The minimum Gasteiger partial charge on any atom is -0.493 e. The molecule has 0 saturated heterocycles. The summed E-state index contributed by atoms with van der Waals surface area (Å²) in [4.78, 5) is 4.53. The second kappa shape index (κ2) is 5.61. The number of nitrogens with zero attached hydrogens (tertiary/aromatic N) is 2. The summed E-state index contributed by atoms with van der Waals surface area (Å²) in [5.41, 5.74) is 8.73. The molecule has 6 nitrogen and oxygen atoms in total. The Kier molecular flexibility index (Phi) is 3.54. The molecule has 0 fully saturated rings. The lowest BCUT2D eigenvalue weighted by Crippen LogP contribution is -2.12. The van der Waals surface area contributed by atoms with E-state index in [-0.39, 0.29) is 4.90 Å². The Morgan fingerprint density at radius 2 is 2.17 bits per heavy atom. The van der Waals surface area contributed by atoms with Crippen LogP contribution >= 0.6 is 0 Å². The summed E-state index contributed by atoms with van der Waals surface area (Å²) >= 11 is 0. The summed E-state index contributed by atoms with van der Waals surface area (Å²) in [7, 11) is -3.73. The predicted octanol–water partition coefficient (Wildman–Crippen LogP) is 1.71. The predicted molar refractivity (Wildman–Crippen MR) is 90.7 cm³/mol. The molecular formula is C17H17N3O3S. The summed E-state index contributed by atoms with van der Waals surface area (Å²) in [5, 5.41) is 0. The Labute approximate surface area is 139 Å². The number of pyridine rings is 1. The van der Waals surface area contributed by atoms with Gasteiger partial charge in [-0.2, -0.15) is 0 Å². The molecule has 0 aliphatic carbocycles. The quantitative estimate of drug-likeness (QED) is 0.779. The first-order valence-electron chi connectivity index (χ1n) is 7.77. The van der Waals surface area contributed by atoms with Crippen LogP contribution < -0.4 is 10.5 Å². The van der Waals surface area contributed by atoms with Gasteiger partial charge < -0.3 is 10.5 Å². The molecule has 2 aromatic heterocycles. The van der Waals surface area contributed by atoms with Gasteiger partial charge in [0.15, 0.2) is 0 Å². The topological polar surface area (TPSA) is 87.2 Å². The van der Waals surface area contributed by atoms with Crippen molar-refractivity contribution in [3.8, 4) is 5.75 Å². The minimum atomic E-state index is -3.73. The van der Waals surface area contributed by atoms with E-state index in [0.29, 0.717) is 36.4 Å². The summed E-state index contributed by atoms with van der Waals surface area (Å²) in [5.74, 6) is 0.646. The lowest BCUT2D eigenvalue weighted by molar-refractivity contribution is 0.356. The highest BCUT2D eigenvalue weighted by Gasteiger charge is 2.24. The molecule has 0 atom stereocenters. The van der Waals surface area contributed by atoms with Crippen molar-refractivity contribution in [3.63, 3.8) is 0 Å². The van der Waals surface area contributed by atoms with Crippen molar-refractivity contribution in [1.29, 1.82) is 0 Å². The molecular weight excluding hydrogens is 326 g/mol. The van der Waals surface area contributed by atoms with E-state index < -0.39 is 10.0 Å². The number of rotatable bonds is 4. The third-order valence-corrected chi connectivity index (χ3v) is 5.91. The van der Waals surface area contributed by atoms with Crippen molar-refractivity contribution in [1.82, 2.24) is 8.96 Å². The van der Waals surface area contributed by atoms with E-state index in [1.807, 2.05) is 6.07 Å². The fraction of sp³-hybridized carbons (Fsp3) is 0.235. The molecule has 0 saturated carbocycles. The minimum absolute atomic E-state index is 0.211. The Morgan fingerprint density at radius 1 is 1.29 bits per heavy atom. The van der Waals surface area contributed by atoms with Crippen molar-refractivity contribution in [3.05, 3.63) is 53.9 Å². The van der Waals surface area contributed by atoms with Crippen LogP contribution in [0.4, 0.5) is 0 Å². The zero-order valence-corrected chi connectivity index (χ0v) is 13.8. The number of aromatic nitrogens is 2. The van der Waals surface area contributed by atoms with Gasteiger partial charge in [-0.3, -0.25) is 4.98 Å². The van der Waals surface area contributed by atoms with Crippen LogP contribution in [0.2, 0.25) is 0 Å². The van der Waals surface area contributed by atoms with Crippen molar-refractivity contribution >= 4 is 21.1 Å². The van der Waals surface area contributed by atoms with Gasteiger partial charge in [0.25, 0.3) is 10.0 Å². The third-order valence-electron chi connectivity index (χ3n) is 4.24. The molecule has 0 bridgehead atoms. The Bertz CT molecular complexity index is 1020. The summed E-state index contributed by atoms with van der Waals surface area (Å²) in [6, 6.07) is 8.53. The zero-order chi connectivity index (χ0) is 16.7. The average Bonchev–Trinajstić information content (AvgIpc) is 3.20. The molecule has 7 heteroatoms. The van der Waals surface area contributed by atoms with Gasteiger partial charge in [-0.1, -0.05) is 6.07 Å². The number of fused-ring (bicyclic) bond motifs is 2. The van der Waals surface area contributed by atoms with Gasteiger partial charge in [0.05, 0.1) is 22.5 Å². The molecule has 3 aromatic rings. The van der Waals surface area contributed by atoms with Crippen LogP contribution in [0.25, 0.3) is 11.0 Å². The number of nitrogens with two attached hydrogens (primary N) is 1. The van der Waals surface area contributed by atoms with Crippen molar-refractivity contribution in [2.75, 3.05) is 13.2 Å². The maximum absolute atomic E-state index is 13.1. The standard InChI is InChI=1S/C17H17N3O3S/c18-7-5-13-11-20(15-2-1-8-19-17(13)15)24(21,22)14-4-3-12-6-9-23-16(12)10-14/h1-4,8,10-11H,5-7,9,18H2. The number of ether oxygens (including phenoxy) is 1. The van der Waals surface area contributed by atoms with E-state index in [4.69, 9.17) is 10.5 Å². The van der Waals surface area contributed by atoms with Crippen molar-refractivity contribution in [2.24, 2.45) is 5.73 Å². The molecule has 0 radical (unpaired) electrons. The Hall–Kier alpha value is -2.38. The van der Waals surface area contributed by atoms with Gasteiger partial charge in [-0.05, 0) is 42.3 Å². The van der Waals surface area contributed by atoms with Crippen LogP contribution in [0.3, 0.4) is 0 Å². The van der Waals surface area contributed by atoms with Gasteiger partial charge in [0.1, 0.15) is 5.75 Å². The van der Waals surface area contributed by atoms with Crippen LogP contribution in [0.5, 0.6) is 5.75 Å². The second-order valence-electron chi connectivity index (χ2n) is 5.73. The van der Waals surface area contributed by atoms with E-state index in [1.54, 1.807) is 36.7 Å². The summed E-state index contributed by atoms with van der Waals surface area (Å²) in [6.07, 6.45) is 4.66. The maximum Gasteiger partial charge on any atom is 0.268 e. The van der Waals surface area contributed by atoms with E-state index in [0.717, 1.165) is 17.5 Å². The molecule has 0 amide bonds. The Morgan fingerprint density at radius 3 is 3.00 bits per heavy atom. The van der Waals surface area contributed by atoms with E-state index in [9.17, 15) is 8.42 Å². The highest BCUT2D eigenvalue weighted by Crippen LogP contribution is 2.30. The first kappa shape index (κ1) is 15.2. The molecule has 4 rings (SSSR count). The van der Waals surface area contributed by atoms with E-state index in [1.165, 1.54) is 3.97 Å². The van der Waals surface area contributed by atoms with Crippen molar-refractivity contribution < 1.29 is 13.2 Å². The first-order valence-corrected chi connectivity index (χ1v) is 9.21. The lowest BCUT2D eigenvalue weighted by Gasteiger charge is -2.08. The highest BCUT2D eigenvalue weighted by molar-refractivity contribution is 7.90. The van der Waals surface area contributed by atoms with Crippen LogP contribution in [-0.4, -0.2) is 30.5 Å². The number of hydrogen-bond acceptors (Lipinski definition) is 5. The van der Waals surface area contributed by atoms with E-state index >= 15 is 0 Å². The zero-order valence-electron chi connectivity index (χ0n) is 13.0. The maximum atomic E-state index is 13.1. The third kappa shape index (κ3) is 2.28. The van der Waals surface area contributed by atoms with Gasteiger partial charge in [-0.15, -0.1) is 0 Å². The van der Waals surface area contributed by atoms with Gasteiger partial charge in [0, 0.05) is 24.9 Å². The molecule has 0 spiro atoms. The second-order valence-corrected chi connectivity index (χ2v) is 7.55. The van der Waals surface area contributed by atoms with Crippen LogP contribution in [0, 0.1) is 0 Å². The molecule has 1 aliphatic heterocycles. The van der Waals surface area contributed by atoms with Crippen LogP contribution in [0.15, 0.2) is 47.6 Å². The van der Waals surface area contributed by atoms with Crippen molar-refractivity contribution in [2.45, 2.75) is 17.7 Å². The largest absolute Gasteiger partial charge is 0.493 e. The molecule has 1 aromatic carbocycles. The smallest absolute Gasteiger partial charge is 0.268 e. The van der Waals surface area contributed by atoms with Gasteiger partial charge in [-0.25, -0.2) is 12.4 Å². The summed E-state index contributed by atoms with van der Waals surface area (Å²) < 4.78 is 33.0.